The molecule has 0 atom stereocenters. The molecular weight excluding hydrogens is 337 g/mol. The van der Waals surface area contributed by atoms with Crippen molar-refractivity contribution in [1.82, 2.24) is 0 Å². The number of thiophene rings is 1. The van der Waals surface area contributed by atoms with Crippen molar-refractivity contribution in [3.63, 3.8) is 0 Å². The van der Waals surface area contributed by atoms with E-state index in [1.54, 1.807) is 17.4 Å². The van der Waals surface area contributed by atoms with Gasteiger partial charge in [-0.15, -0.1) is 11.3 Å². The van der Waals surface area contributed by atoms with E-state index in [2.05, 4.69) is 22.8 Å². The number of carbonyl (C=O) groups excluding carboxylic acids is 1. The van der Waals surface area contributed by atoms with Gasteiger partial charge in [0.15, 0.2) is 0 Å². The first kappa shape index (κ1) is 14.4. The van der Waals surface area contributed by atoms with E-state index in [1.165, 1.54) is 22.2 Å². The minimum absolute atomic E-state index is 0.261. The maximum atomic E-state index is 13.4. The van der Waals surface area contributed by atoms with Gasteiger partial charge in [0, 0.05) is 21.2 Å². The van der Waals surface area contributed by atoms with Gasteiger partial charge in [-0.1, -0.05) is 18.2 Å². The van der Waals surface area contributed by atoms with E-state index >= 15 is 0 Å². The molecule has 1 amide bonds. The number of benzene rings is 2. The van der Waals surface area contributed by atoms with Crippen LogP contribution < -0.4 is 5.32 Å². The zero-order valence-corrected chi connectivity index (χ0v) is 13.8. The quantitative estimate of drug-likeness (QED) is 0.640. The van der Waals surface area contributed by atoms with Crippen LogP contribution in [0.1, 0.15) is 11.1 Å². The van der Waals surface area contributed by atoms with Crippen LogP contribution in [0.4, 0.5) is 10.1 Å². The summed E-state index contributed by atoms with van der Waals surface area (Å²) >= 11 is 1.69. The fourth-order valence-corrected chi connectivity index (χ4v) is 4.30. The van der Waals surface area contributed by atoms with Gasteiger partial charge in [0.2, 0.25) is 0 Å². The molecule has 2 aliphatic rings. The van der Waals surface area contributed by atoms with E-state index < -0.39 is 0 Å². The predicted molar refractivity (Wildman–Crippen MR) is 97.7 cm³/mol. The summed E-state index contributed by atoms with van der Waals surface area (Å²) in [6.07, 6.45) is 1.92. The second-order valence-electron chi connectivity index (χ2n) is 5.99. The number of amides is 1. The molecule has 3 nitrogen and oxygen atoms in total. The summed E-state index contributed by atoms with van der Waals surface area (Å²) in [5, 5.41) is 6.00. The Hall–Kier alpha value is -2.92. The van der Waals surface area contributed by atoms with Crippen LogP contribution in [0.2, 0.25) is 0 Å². The van der Waals surface area contributed by atoms with Gasteiger partial charge in [-0.2, -0.15) is 0 Å². The van der Waals surface area contributed by atoms with E-state index in [1.807, 2.05) is 18.2 Å². The Balaban J connectivity index is 1.63. The molecule has 0 fully saturated rings. The summed E-state index contributed by atoms with van der Waals surface area (Å²) in [6, 6.07) is 12.5. The van der Waals surface area contributed by atoms with Crippen molar-refractivity contribution in [3.8, 4) is 0 Å². The standard InChI is InChI=1S/C20H12FNO2S/c21-12-5-6-14-16(8-12)22-20(23)19(14)17-7-11(9-24-17)15-10-25-18-4-2-1-3-13(15)18/h1-8,10H,9H2,(H,22,23)/b19-17+. The second-order valence-corrected chi connectivity index (χ2v) is 6.90. The van der Waals surface area contributed by atoms with Gasteiger partial charge in [-0.25, -0.2) is 4.39 Å². The molecule has 3 aromatic rings. The first-order chi connectivity index (χ1) is 12.2. The Labute approximate surface area is 147 Å². The van der Waals surface area contributed by atoms with E-state index in [9.17, 15) is 9.18 Å². The molecule has 3 heterocycles. The molecule has 2 aliphatic heterocycles. The summed E-state index contributed by atoms with van der Waals surface area (Å²) in [5.74, 6) is -0.102. The van der Waals surface area contributed by atoms with Crippen molar-refractivity contribution in [2.45, 2.75) is 0 Å². The number of rotatable bonds is 1. The third kappa shape index (κ3) is 2.20. The van der Waals surface area contributed by atoms with Crippen LogP contribution in [0.5, 0.6) is 0 Å². The highest BCUT2D eigenvalue weighted by molar-refractivity contribution is 7.17. The summed E-state index contributed by atoms with van der Waals surface area (Å²) in [5.41, 5.74) is 3.80. The number of fused-ring (bicyclic) bond motifs is 2. The first-order valence-corrected chi connectivity index (χ1v) is 8.74. The normalized spacial score (nSPS) is 18.9. The molecule has 0 aliphatic carbocycles. The molecular formula is C20H12FNO2S. The highest BCUT2D eigenvalue weighted by Gasteiger charge is 2.30. The molecule has 0 bridgehead atoms. The van der Waals surface area contributed by atoms with Crippen LogP contribution >= 0.6 is 11.3 Å². The Morgan fingerprint density at radius 3 is 2.92 bits per heavy atom. The molecule has 2 aromatic carbocycles. The number of nitrogens with one attached hydrogen (secondary N) is 1. The molecule has 0 unspecified atom stereocenters. The lowest BCUT2D eigenvalue weighted by atomic mass is 10.0. The third-order valence-electron chi connectivity index (χ3n) is 4.49. The average Bonchev–Trinajstić information content (AvgIpc) is 3.29. The average molecular weight is 349 g/mol. The number of hydrogen-bond donors (Lipinski definition) is 1. The number of allylic oxidation sites excluding steroid dienone is 1. The van der Waals surface area contributed by atoms with Gasteiger partial charge in [-0.3, -0.25) is 4.79 Å². The van der Waals surface area contributed by atoms with Crippen LogP contribution in [0.15, 0.2) is 59.7 Å². The van der Waals surface area contributed by atoms with E-state index in [0.29, 0.717) is 29.2 Å². The summed E-state index contributed by atoms with van der Waals surface area (Å²) in [6.45, 7) is 0.420. The second kappa shape index (κ2) is 5.29. The molecule has 5 heteroatoms. The molecule has 122 valence electrons. The van der Waals surface area contributed by atoms with Gasteiger partial charge in [-0.05, 0) is 41.3 Å². The highest BCUT2D eigenvalue weighted by Crippen LogP contribution is 2.40. The SMILES string of the molecule is O=C1Nc2cc(F)ccc2/C1=C1/C=C(c2csc3ccccc23)CO1. The van der Waals surface area contributed by atoms with Gasteiger partial charge >= 0.3 is 0 Å². The fourth-order valence-electron chi connectivity index (χ4n) is 3.31. The number of anilines is 1. The summed E-state index contributed by atoms with van der Waals surface area (Å²) in [4.78, 5) is 12.3. The maximum Gasteiger partial charge on any atom is 0.260 e. The fraction of sp³-hybridized carbons (Fsp3) is 0.0500. The lowest BCUT2D eigenvalue weighted by molar-refractivity contribution is -0.110. The summed E-state index contributed by atoms with van der Waals surface area (Å²) < 4.78 is 20.4. The molecule has 25 heavy (non-hydrogen) atoms. The molecule has 0 saturated heterocycles. The third-order valence-corrected chi connectivity index (χ3v) is 5.45. The molecule has 5 rings (SSSR count). The summed E-state index contributed by atoms with van der Waals surface area (Å²) in [7, 11) is 0. The predicted octanol–water partition coefficient (Wildman–Crippen LogP) is 4.82. The molecule has 1 N–H and O–H groups in total. The minimum Gasteiger partial charge on any atom is -0.488 e. The van der Waals surface area contributed by atoms with Crippen LogP contribution in [0.3, 0.4) is 0 Å². The monoisotopic (exact) mass is 349 g/mol. The van der Waals surface area contributed by atoms with E-state index in [0.717, 1.165) is 11.1 Å². The van der Waals surface area contributed by atoms with Gasteiger partial charge in [0.05, 0.1) is 11.3 Å². The van der Waals surface area contributed by atoms with Crippen molar-refractivity contribution < 1.29 is 13.9 Å². The number of halogens is 1. The first-order valence-electron chi connectivity index (χ1n) is 7.86. The molecule has 0 spiro atoms. The number of carbonyl (C=O) groups is 1. The van der Waals surface area contributed by atoms with Crippen LogP contribution in [-0.4, -0.2) is 12.5 Å². The van der Waals surface area contributed by atoms with Gasteiger partial charge < -0.3 is 10.1 Å². The zero-order valence-electron chi connectivity index (χ0n) is 13.0. The lowest BCUT2D eigenvalue weighted by Crippen LogP contribution is -2.05. The van der Waals surface area contributed by atoms with E-state index in [4.69, 9.17) is 4.74 Å². The Morgan fingerprint density at radius 2 is 2.00 bits per heavy atom. The highest BCUT2D eigenvalue weighted by atomic mass is 32.1. The minimum atomic E-state index is -0.376. The van der Waals surface area contributed by atoms with Crippen molar-refractivity contribution in [2.24, 2.45) is 0 Å². The van der Waals surface area contributed by atoms with Crippen LogP contribution in [0.25, 0.3) is 21.2 Å². The topological polar surface area (TPSA) is 38.3 Å². The van der Waals surface area contributed by atoms with Crippen LogP contribution in [-0.2, 0) is 9.53 Å². The Kier molecular flexibility index (Phi) is 3.05. The lowest BCUT2D eigenvalue weighted by Gasteiger charge is -2.02. The van der Waals surface area contributed by atoms with Crippen molar-refractivity contribution in [2.75, 3.05) is 11.9 Å². The van der Waals surface area contributed by atoms with Crippen molar-refractivity contribution in [1.29, 1.82) is 0 Å². The smallest absolute Gasteiger partial charge is 0.260 e. The van der Waals surface area contributed by atoms with Gasteiger partial charge in [0.1, 0.15) is 18.2 Å². The molecule has 0 radical (unpaired) electrons. The largest absolute Gasteiger partial charge is 0.488 e. The zero-order chi connectivity index (χ0) is 17.0. The Morgan fingerprint density at radius 1 is 1.12 bits per heavy atom. The van der Waals surface area contributed by atoms with Crippen LogP contribution in [0, 0.1) is 5.82 Å². The number of hydrogen-bond acceptors (Lipinski definition) is 3. The van der Waals surface area contributed by atoms with Crippen molar-refractivity contribution in [3.05, 3.63) is 76.6 Å². The van der Waals surface area contributed by atoms with Crippen molar-refractivity contribution >= 4 is 44.2 Å². The van der Waals surface area contributed by atoms with Gasteiger partial charge in [0.25, 0.3) is 5.91 Å². The molecule has 1 aromatic heterocycles. The number of ether oxygens (including phenoxy) is 1. The Bertz CT molecular complexity index is 1110. The molecule has 0 saturated carbocycles. The van der Waals surface area contributed by atoms with E-state index in [-0.39, 0.29) is 11.7 Å². The maximum absolute atomic E-state index is 13.4.